The Morgan fingerprint density at radius 1 is 1.56 bits per heavy atom. The highest BCUT2D eigenvalue weighted by molar-refractivity contribution is 9.10. The molecule has 1 heterocycles. The third-order valence-corrected chi connectivity index (χ3v) is 4.19. The van der Waals surface area contributed by atoms with Gasteiger partial charge in [0.05, 0.1) is 5.56 Å². The maximum Gasteiger partial charge on any atom is 0.100 e. The molecule has 96 valence electrons. The van der Waals surface area contributed by atoms with E-state index in [4.69, 9.17) is 5.26 Å². The molecular weight excluding hydrogens is 290 g/mol. The van der Waals surface area contributed by atoms with Crippen molar-refractivity contribution in [2.24, 2.45) is 0 Å². The number of nitriles is 1. The highest BCUT2D eigenvalue weighted by Crippen LogP contribution is 2.22. The van der Waals surface area contributed by atoms with Crippen LogP contribution in [0.15, 0.2) is 22.7 Å². The Balaban J connectivity index is 1.94. The molecule has 1 saturated heterocycles. The minimum Gasteiger partial charge on any atom is -0.383 e. The fraction of sp³-hybridized carbons (Fsp3) is 0.500. The van der Waals surface area contributed by atoms with E-state index in [0.717, 1.165) is 23.2 Å². The molecule has 1 fully saturated rings. The maximum atomic E-state index is 8.87. The topological polar surface area (TPSA) is 39.1 Å². The number of nitrogens with zero attached hydrogens (tertiary/aromatic N) is 2. The first kappa shape index (κ1) is 13.4. The van der Waals surface area contributed by atoms with Gasteiger partial charge in [-0.3, -0.25) is 4.90 Å². The van der Waals surface area contributed by atoms with Gasteiger partial charge in [-0.2, -0.15) is 5.26 Å². The molecule has 2 rings (SSSR count). The Morgan fingerprint density at radius 2 is 2.39 bits per heavy atom. The van der Waals surface area contributed by atoms with Crippen LogP contribution in [-0.4, -0.2) is 30.6 Å². The lowest BCUT2D eigenvalue weighted by Gasteiger charge is -2.23. The van der Waals surface area contributed by atoms with Crippen molar-refractivity contribution in [1.29, 1.82) is 5.26 Å². The molecule has 0 aliphatic carbocycles. The normalized spacial score (nSPS) is 19.7. The molecule has 1 aliphatic rings. The number of hydrogen-bond acceptors (Lipinski definition) is 3. The zero-order valence-electron chi connectivity index (χ0n) is 10.6. The van der Waals surface area contributed by atoms with Crippen molar-refractivity contribution < 1.29 is 0 Å². The fourth-order valence-corrected chi connectivity index (χ4v) is 2.96. The van der Waals surface area contributed by atoms with E-state index in [9.17, 15) is 0 Å². The first-order valence-electron chi connectivity index (χ1n) is 6.42. The van der Waals surface area contributed by atoms with Crippen molar-refractivity contribution in [1.82, 2.24) is 4.90 Å². The van der Waals surface area contributed by atoms with Crippen LogP contribution in [0, 0.1) is 11.3 Å². The molecule has 0 amide bonds. The molecule has 0 bridgehead atoms. The van der Waals surface area contributed by atoms with E-state index >= 15 is 0 Å². The summed E-state index contributed by atoms with van der Waals surface area (Å²) in [5.41, 5.74) is 1.75. The zero-order chi connectivity index (χ0) is 13.0. The largest absolute Gasteiger partial charge is 0.383 e. The molecular formula is C14H18BrN3. The monoisotopic (exact) mass is 307 g/mol. The number of hydrogen-bond donors (Lipinski definition) is 1. The van der Waals surface area contributed by atoms with Gasteiger partial charge in [0, 0.05) is 22.7 Å². The molecule has 18 heavy (non-hydrogen) atoms. The summed E-state index contributed by atoms with van der Waals surface area (Å²) in [6.07, 6.45) is 2.58. The number of likely N-dealkylation sites (N-methyl/N-ethyl adjacent to an activating group) is 1. The van der Waals surface area contributed by atoms with Crippen molar-refractivity contribution in [2.45, 2.75) is 25.8 Å². The first-order chi connectivity index (χ1) is 8.74. The van der Waals surface area contributed by atoms with Crippen LogP contribution in [0.1, 0.15) is 25.3 Å². The minimum atomic E-state index is 0.643. The standard InChI is InChI=1S/C14H18BrN3/c1-2-18-7-3-4-13(18)10-17-12-6-5-11(9-16)14(15)8-12/h5-6,8,13,17H,2-4,7,10H2,1H3. The molecule has 4 heteroatoms. The van der Waals surface area contributed by atoms with E-state index in [1.54, 1.807) is 0 Å². The summed E-state index contributed by atoms with van der Waals surface area (Å²) in [4.78, 5) is 2.52. The molecule has 3 nitrogen and oxygen atoms in total. The Morgan fingerprint density at radius 3 is 3.06 bits per heavy atom. The van der Waals surface area contributed by atoms with Crippen molar-refractivity contribution >= 4 is 21.6 Å². The van der Waals surface area contributed by atoms with Gasteiger partial charge in [-0.15, -0.1) is 0 Å². The number of nitrogens with one attached hydrogen (secondary N) is 1. The Labute approximate surface area is 117 Å². The lowest BCUT2D eigenvalue weighted by atomic mass is 10.2. The third-order valence-electron chi connectivity index (χ3n) is 3.54. The first-order valence-corrected chi connectivity index (χ1v) is 7.21. The van der Waals surface area contributed by atoms with Crippen LogP contribution in [0.5, 0.6) is 0 Å². The maximum absolute atomic E-state index is 8.87. The summed E-state index contributed by atoms with van der Waals surface area (Å²) in [6, 6.07) is 8.58. The van der Waals surface area contributed by atoms with Crippen molar-refractivity contribution in [3.05, 3.63) is 28.2 Å². The average molecular weight is 308 g/mol. The van der Waals surface area contributed by atoms with Crippen LogP contribution < -0.4 is 5.32 Å². The Bertz CT molecular complexity index is 453. The minimum absolute atomic E-state index is 0.643. The van der Waals surface area contributed by atoms with Gasteiger partial charge in [-0.05, 0) is 60.1 Å². The molecule has 1 aliphatic heterocycles. The van der Waals surface area contributed by atoms with Crippen molar-refractivity contribution in [3.63, 3.8) is 0 Å². The van der Waals surface area contributed by atoms with E-state index < -0.39 is 0 Å². The second-order valence-corrected chi connectivity index (χ2v) is 5.47. The number of rotatable bonds is 4. The molecule has 0 saturated carbocycles. The fourth-order valence-electron chi connectivity index (χ4n) is 2.49. The number of halogens is 1. The Hall–Kier alpha value is -1.05. The smallest absolute Gasteiger partial charge is 0.100 e. The second kappa shape index (κ2) is 6.21. The predicted molar refractivity (Wildman–Crippen MR) is 77.6 cm³/mol. The summed E-state index contributed by atoms with van der Waals surface area (Å²) < 4.78 is 0.855. The van der Waals surface area contributed by atoms with E-state index in [0.29, 0.717) is 11.6 Å². The van der Waals surface area contributed by atoms with Crippen LogP contribution in [0.3, 0.4) is 0 Å². The second-order valence-electron chi connectivity index (χ2n) is 4.61. The molecule has 1 atom stereocenters. The van der Waals surface area contributed by atoms with Crippen LogP contribution >= 0.6 is 15.9 Å². The van der Waals surface area contributed by atoms with E-state index in [1.165, 1.54) is 19.4 Å². The van der Waals surface area contributed by atoms with Gasteiger partial charge < -0.3 is 5.32 Å². The highest BCUT2D eigenvalue weighted by atomic mass is 79.9. The van der Waals surface area contributed by atoms with Gasteiger partial charge in [0.25, 0.3) is 0 Å². The molecule has 1 aromatic rings. The van der Waals surface area contributed by atoms with E-state index in [1.807, 2.05) is 18.2 Å². The van der Waals surface area contributed by atoms with E-state index in [2.05, 4.69) is 39.1 Å². The highest BCUT2D eigenvalue weighted by Gasteiger charge is 2.22. The zero-order valence-corrected chi connectivity index (χ0v) is 12.2. The number of anilines is 1. The quantitative estimate of drug-likeness (QED) is 0.928. The van der Waals surface area contributed by atoms with Gasteiger partial charge in [0.1, 0.15) is 6.07 Å². The summed E-state index contributed by atoms with van der Waals surface area (Å²) in [5.74, 6) is 0. The van der Waals surface area contributed by atoms with Crippen molar-refractivity contribution in [2.75, 3.05) is 25.0 Å². The molecule has 0 radical (unpaired) electrons. The molecule has 0 aromatic heterocycles. The SMILES string of the molecule is CCN1CCCC1CNc1ccc(C#N)c(Br)c1. The van der Waals surface area contributed by atoms with Crippen LogP contribution in [0.4, 0.5) is 5.69 Å². The number of benzene rings is 1. The lowest BCUT2D eigenvalue weighted by Crippen LogP contribution is -2.34. The van der Waals surface area contributed by atoms with Gasteiger partial charge >= 0.3 is 0 Å². The summed E-state index contributed by atoms with van der Waals surface area (Å²) in [6.45, 7) is 5.55. The van der Waals surface area contributed by atoms with Gasteiger partial charge in [0.15, 0.2) is 0 Å². The Kier molecular flexibility index (Phi) is 4.62. The molecule has 1 aromatic carbocycles. The van der Waals surface area contributed by atoms with Crippen LogP contribution in [-0.2, 0) is 0 Å². The lowest BCUT2D eigenvalue weighted by molar-refractivity contribution is 0.277. The summed E-state index contributed by atoms with van der Waals surface area (Å²) in [5, 5.41) is 12.3. The molecule has 1 unspecified atom stereocenters. The predicted octanol–water partition coefficient (Wildman–Crippen LogP) is 3.22. The summed E-state index contributed by atoms with van der Waals surface area (Å²) >= 11 is 3.41. The van der Waals surface area contributed by atoms with Crippen LogP contribution in [0.2, 0.25) is 0 Å². The average Bonchev–Trinajstić information content (AvgIpc) is 2.84. The van der Waals surface area contributed by atoms with Gasteiger partial charge in [-0.1, -0.05) is 6.92 Å². The van der Waals surface area contributed by atoms with Crippen LogP contribution in [0.25, 0.3) is 0 Å². The van der Waals surface area contributed by atoms with Gasteiger partial charge in [0.2, 0.25) is 0 Å². The molecule has 0 spiro atoms. The van der Waals surface area contributed by atoms with Crippen molar-refractivity contribution in [3.8, 4) is 6.07 Å². The van der Waals surface area contributed by atoms with Gasteiger partial charge in [-0.25, -0.2) is 0 Å². The summed E-state index contributed by atoms with van der Waals surface area (Å²) in [7, 11) is 0. The molecule has 1 N–H and O–H groups in total. The van der Waals surface area contributed by atoms with E-state index in [-0.39, 0.29) is 0 Å². The third kappa shape index (κ3) is 3.04. The number of likely N-dealkylation sites (tertiary alicyclic amines) is 1.